The van der Waals surface area contributed by atoms with E-state index in [9.17, 15) is 29.8 Å². The van der Waals surface area contributed by atoms with E-state index < -0.39 is 21.8 Å². The third-order valence-electron chi connectivity index (χ3n) is 4.93. The van der Waals surface area contributed by atoms with Crippen molar-refractivity contribution in [1.82, 2.24) is 15.1 Å². The lowest BCUT2D eigenvalue weighted by Gasteiger charge is -2.19. The van der Waals surface area contributed by atoms with Gasteiger partial charge in [-0.1, -0.05) is 0 Å². The lowest BCUT2D eigenvalue weighted by molar-refractivity contribution is -0.385. The fraction of sp³-hybridized carbons (Fsp3) is 0.520. The number of rotatable bonds is 9. The van der Waals surface area contributed by atoms with Crippen LogP contribution in [0, 0.1) is 27.2 Å². The van der Waals surface area contributed by atoms with Crippen molar-refractivity contribution in [2.75, 3.05) is 62.6 Å². The van der Waals surface area contributed by atoms with Crippen LogP contribution >= 0.6 is 22.7 Å². The minimum Gasteiger partial charge on any atom is -0.477 e. The molecule has 0 spiro atoms. The summed E-state index contributed by atoms with van der Waals surface area (Å²) in [5, 5.41) is 32.8. The first-order valence-corrected chi connectivity index (χ1v) is 13.9. The number of hydrogen-bond donors (Lipinski definition) is 2. The molecule has 0 aliphatic carbocycles. The van der Waals surface area contributed by atoms with E-state index >= 15 is 0 Å². The van der Waals surface area contributed by atoms with Gasteiger partial charge >= 0.3 is 11.9 Å². The highest BCUT2D eigenvalue weighted by Gasteiger charge is 2.21. The number of nitrogens with one attached hydrogen (secondary N) is 1. The topological polar surface area (TPSA) is 187 Å². The molecular formula is C25H39N5O10S2. The van der Waals surface area contributed by atoms with Crippen molar-refractivity contribution in [3.05, 3.63) is 58.1 Å². The summed E-state index contributed by atoms with van der Waals surface area (Å²) in [6, 6.07) is 2.30. The number of nitro groups is 2. The maximum Gasteiger partial charge on any atom is 0.348 e. The number of ether oxygens (including phenoxy) is 3. The standard InChI is InChI=1S/C10H12N2O4S.C6H5NO4S.C5H13NO2.C4H9N/c1-11(2)5-4-8-7(12(14)15)6-9(17-8)10(13)16-3;1-3-4(7(10)11)2-5(12-3)6(8)9;1-6(2)5(7-3)8-4;1-2-4-5-3-1/h4-6H,1-3H3;2H,1H3,(H,8,9);5H,1-4H3;5H,1-4H2/b5-4+;;;. The highest BCUT2D eigenvalue weighted by Crippen LogP contribution is 2.31. The minimum absolute atomic E-state index is 0.000741. The SMILES string of the molecule is C1CCNC1.COC(=O)c1cc([N+](=O)[O-])c(/C=C/N(C)C)s1.COC(OC)N(C)C.Cc1sc(C(=O)O)cc1[N+](=O)[O-]. The normalized spacial score (nSPS) is 12.0. The first kappa shape index (κ1) is 38.5. The van der Waals surface area contributed by atoms with Crippen molar-refractivity contribution in [3.8, 4) is 0 Å². The first-order valence-electron chi connectivity index (χ1n) is 12.3. The molecular weight excluding hydrogens is 594 g/mol. The van der Waals surface area contributed by atoms with Crippen LogP contribution in [0.15, 0.2) is 18.3 Å². The Bertz CT molecular complexity index is 1160. The predicted molar refractivity (Wildman–Crippen MR) is 161 cm³/mol. The lowest BCUT2D eigenvalue weighted by atomic mass is 10.3. The molecule has 0 amide bonds. The monoisotopic (exact) mass is 633 g/mol. The molecule has 0 radical (unpaired) electrons. The summed E-state index contributed by atoms with van der Waals surface area (Å²) in [7, 11) is 11.8. The van der Waals surface area contributed by atoms with Gasteiger partial charge in [0, 0.05) is 46.6 Å². The van der Waals surface area contributed by atoms with E-state index in [0.29, 0.717) is 9.75 Å². The molecule has 1 aliphatic rings. The number of aromatic carboxylic acids is 1. The molecule has 15 nitrogen and oxygen atoms in total. The molecule has 2 aromatic heterocycles. The Kier molecular flexibility index (Phi) is 18.7. The predicted octanol–water partition coefficient (Wildman–Crippen LogP) is 4.13. The zero-order valence-electron chi connectivity index (χ0n) is 24.9. The van der Waals surface area contributed by atoms with Crippen molar-refractivity contribution >= 4 is 52.1 Å². The Hall–Kier alpha value is -3.48. The Morgan fingerprint density at radius 2 is 1.50 bits per heavy atom. The molecule has 0 saturated carbocycles. The summed E-state index contributed by atoms with van der Waals surface area (Å²) in [5.74, 6) is -1.70. The summed E-state index contributed by atoms with van der Waals surface area (Å²) in [5.41, 5.74) is -0.217. The zero-order valence-corrected chi connectivity index (χ0v) is 26.6. The molecule has 0 aromatic carbocycles. The molecule has 42 heavy (non-hydrogen) atoms. The fourth-order valence-electron chi connectivity index (χ4n) is 2.98. The second kappa shape index (κ2) is 20.4. The van der Waals surface area contributed by atoms with Crippen LogP contribution < -0.4 is 5.32 Å². The van der Waals surface area contributed by atoms with Crippen LogP contribution in [0.25, 0.3) is 6.08 Å². The highest BCUT2D eigenvalue weighted by atomic mass is 32.1. The van der Waals surface area contributed by atoms with Gasteiger partial charge in [-0.15, -0.1) is 22.7 Å². The molecule has 1 fully saturated rings. The molecule has 236 valence electrons. The van der Waals surface area contributed by atoms with Gasteiger partial charge in [0.2, 0.25) is 6.41 Å². The zero-order chi connectivity index (χ0) is 32.4. The molecule has 17 heteroatoms. The average Bonchev–Trinajstić information content (AvgIpc) is 3.70. The quantitative estimate of drug-likeness (QED) is 0.174. The highest BCUT2D eigenvalue weighted by molar-refractivity contribution is 7.15. The lowest BCUT2D eigenvalue weighted by Crippen LogP contribution is -2.30. The van der Waals surface area contributed by atoms with E-state index in [1.54, 1.807) is 45.5 Å². The van der Waals surface area contributed by atoms with Gasteiger partial charge in [-0.2, -0.15) is 0 Å². The number of aryl methyl sites for hydroxylation is 1. The number of carboxylic acids is 1. The number of hydrogen-bond acceptors (Lipinski definition) is 14. The number of carboxylic acid groups (broad SMARTS) is 1. The van der Waals surface area contributed by atoms with E-state index in [4.69, 9.17) is 14.6 Å². The van der Waals surface area contributed by atoms with Gasteiger partial charge in [0.25, 0.3) is 11.4 Å². The van der Waals surface area contributed by atoms with Gasteiger partial charge in [-0.3, -0.25) is 25.1 Å². The number of methoxy groups -OCH3 is 3. The van der Waals surface area contributed by atoms with Crippen LogP contribution in [0.2, 0.25) is 0 Å². The van der Waals surface area contributed by atoms with Crippen molar-refractivity contribution in [2.24, 2.45) is 0 Å². The van der Waals surface area contributed by atoms with E-state index in [1.807, 2.05) is 19.0 Å². The van der Waals surface area contributed by atoms with Crippen LogP contribution in [-0.4, -0.2) is 106 Å². The number of carbonyl (C=O) groups is 2. The molecule has 0 unspecified atom stereocenters. The molecule has 1 aliphatic heterocycles. The van der Waals surface area contributed by atoms with Crippen molar-refractivity contribution in [2.45, 2.75) is 26.2 Å². The maximum atomic E-state index is 11.3. The van der Waals surface area contributed by atoms with Crippen LogP contribution in [-0.2, 0) is 14.2 Å². The summed E-state index contributed by atoms with van der Waals surface area (Å²) in [6.45, 7) is 4.02. The summed E-state index contributed by atoms with van der Waals surface area (Å²) < 4.78 is 14.3. The summed E-state index contributed by atoms with van der Waals surface area (Å²) in [4.78, 5) is 46.3. The smallest absolute Gasteiger partial charge is 0.348 e. The van der Waals surface area contributed by atoms with Crippen LogP contribution in [0.5, 0.6) is 0 Å². The van der Waals surface area contributed by atoms with Crippen LogP contribution in [0.1, 0.15) is 41.9 Å². The van der Waals surface area contributed by atoms with Gasteiger partial charge in [0.05, 0.1) is 21.8 Å². The second-order valence-electron chi connectivity index (χ2n) is 8.70. The van der Waals surface area contributed by atoms with E-state index in [2.05, 4.69) is 10.1 Å². The third kappa shape index (κ3) is 14.4. The minimum atomic E-state index is -1.13. The number of nitrogens with zero attached hydrogens (tertiary/aromatic N) is 4. The third-order valence-corrected chi connectivity index (χ3v) is 7.03. The van der Waals surface area contributed by atoms with Crippen molar-refractivity contribution in [3.63, 3.8) is 0 Å². The summed E-state index contributed by atoms with van der Waals surface area (Å²) >= 11 is 1.94. The van der Waals surface area contributed by atoms with Crippen LogP contribution in [0.3, 0.4) is 0 Å². The van der Waals surface area contributed by atoms with Crippen LogP contribution in [0.4, 0.5) is 11.4 Å². The van der Waals surface area contributed by atoms with E-state index in [1.165, 1.54) is 46.0 Å². The Morgan fingerprint density at radius 3 is 1.79 bits per heavy atom. The van der Waals surface area contributed by atoms with Gasteiger partial charge in [-0.05, 0) is 53.0 Å². The molecule has 0 atom stereocenters. The van der Waals surface area contributed by atoms with Crippen molar-refractivity contribution in [1.29, 1.82) is 0 Å². The largest absolute Gasteiger partial charge is 0.477 e. The maximum absolute atomic E-state index is 11.3. The van der Waals surface area contributed by atoms with Gasteiger partial charge in [0.1, 0.15) is 14.6 Å². The summed E-state index contributed by atoms with van der Waals surface area (Å²) in [6.07, 6.45) is 5.84. The molecule has 3 heterocycles. The Balaban J connectivity index is 0.000000583. The molecule has 2 aromatic rings. The number of carbonyl (C=O) groups excluding carboxylic acids is 1. The second-order valence-corrected chi connectivity index (χ2v) is 11.0. The van der Waals surface area contributed by atoms with Gasteiger partial charge < -0.3 is 29.5 Å². The molecule has 3 rings (SSSR count). The van der Waals surface area contributed by atoms with Crippen molar-refractivity contribution < 1.29 is 38.8 Å². The first-order chi connectivity index (χ1) is 19.7. The van der Waals surface area contributed by atoms with Gasteiger partial charge in [0.15, 0.2) is 0 Å². The fourth-order valence-corrected chi connectivity index (χ4v) is 4.74. The number of thiophene rings is 2. The molecule has 0 bridgehead atoms. The van der Waals surface area contributed by atoms with E-state index in [0.717, 1.165) is 28.7 Å². The molecule has 1 saturated heterocycles. The Morgan fingerprint density at radius 1 is 0.976 bits per heavy atom. The van der Waals surface area contributed by atoms with E-state index in [-0.39, 0.29) is 27.5 Å². The molecule has 2 N–H and O–H groups in total. The Labute approximate surface area is 252 Å². The van der Waals surface area contributed by atoms with Gasteiger partial charge in [-0.25, -0.2) is 9.59 Å². The average molecular weight is 634 g/mol. The number of esters is 1.